The predicted molar refractivity (Wildman–Crippen MR) is 105 cm³/mol. The molecule has 0 radical (unpaired) electrons. The summed E-state index contributed by atoms with van der Waals surface area (Å²) < 4.78 is 0. The van der Waals surface area contributed by atoms with Crippen LogP contribution in [0.1, 0.15) is 63.4 Å². The zero-order valence-electron chi connectivity index (χ0n) is 15.1. The molecule has 0 aromatic heterocycles. The standard InChI is InChI=1S/C23H30O2/c1-2-3-4-5-6-7-8-9-11-16-20-17-18-21(23(25)22(20)24)19-14-12-10-13-15-19/h2,10,12-15,17-18,20,25H,1,3-9,11,16H2. The number of unbranched alkanes of at least 4 members (excludes halogenated alkanes) is 7. The lowest BCUT2D eigenvalue weighted by atomic mass is 9.87. The average Bonchev–Trinajstić information content (AvgIpc) is 2.64. The molecule has 1 aromatic rings. The molecule has 2 nitrogen and oxygen atoms in total. The van der Waals surface area contributed by atoms with E-state index in [2.05, 4.69) is 6.58 Å². The molecule has 134 valence electrons. The van der Waals surface area contributed by atoms with Crippen molar-refractivity contribution >= 4 is 11.4 Å². The van der Waals surface area contributed by atoms with Crippen LogP contribution in [0.2, 0.25) is 0 Å². The summed E-state index contributed by atoms with van der Waals surface area (Å²) in [5.74, 6) is -0.383. The van der Waals surface area contributed by atoms with Crippen molar-refractivity contribution in [3.05, 3.63) is 66.5 Å². The maximum atomic E-state index is 12.4. The van der Waals surface area contributed by atoms with E-state index in [-0.39, 0.29) is 17.5 Å². The average molecular weight is 338 g/mol. The highest BCUT2D eigenvalue weighted by Crippen LogP contribution is 2.29. The first-order chi connectivity index (χ1) is 12.2. The maximum absolute atomic E-state index is 12.4. The SMILES string of the molecule is C=CCCCCCCCCCC1C=CC(c2ccccc2)=C(O)C1=O. The Morgan fingerprint density at radius 1 is 0.960 bits per heavy atom. The van der Waals surface area contributed by atoms with Gasteiger partial charge in [0.25, 0.3) is 0 Å². The molecule has 2 rings (SSSR count). The number of allylic oxidation sites excluding steroid dienone is 5. The summed E-state index contributed by atoms with van der Waals surface area (Å²) in [5, 5.41) is 10.3. The Kier molecular flexibility index (Phi) is 8.24. The van der Waals surface area contributed by atoms with E-state index in [0.717, 1.165) is 31.2 Å². The molecule has 1 unspecified atom stereocenters. The third kappa shape index (κ3) is 6.04. The van der Waals surface area contributed by atoms with E-state index in [4.69, 9.17) is 0 Å². The predicted octanol–water partition coefficient (Wildman–Crippen LogP) is 6.41. The largest absolute Gasteiger partial charge is 0.504 e. The molecule has 1 aliphatic carbocycles. The summed E-state index contributed by atoms with van der Waals surface area (Å²) in [7, 11) is 0. The van der Waals surface area contributed by atoms with Gasteiger partial charge in [-0.15, -0.1) is 6.58 Å². The summed E-state index contributed by atoms with van der Waals surface area (Å²) in [5.41, 5.74) is 1.53. The molecule has 0 bridgehead atoms. The number of aliphatic hydroxyl groups excluding tert-OH is 1. The van der Waals surface area contributed by atoms with Crippen molar-refractivity contribution in [3.63, 3.8) is 0 Å². The van der Waals surface area contributed by atoms with E-state index in [1.54, 1.807) is 0 Å². The first kappa shape index (κ1) is 19.2. The number of aliphatic hydroxyl groups is 1. The molecule has 1 aliphatic rings. The maximum Gasteiger partial charge on any atom is 0.204 e. The van der Waals surface area contributed by atoms with Crippen molar-refractivity contribution in [2.75, 3.05) is 0 Å². The van der Waals surface area contributed by atoms with E-state index in [1.807, 2.05) is 48.6 Å². The van der Waals surface area contributed by atoms with E-state index in [9.17, 15) is 9.90 Å². The van der Waals surface area contributed by atoms with Crippen molar-refractivity contribution in [1.82, 2.24) is 0 Å². The van der Waals surface area contributed by atoms with E-state index in [1.165, 1.54) is 32.1 Å². The number of benzene rings is 1. The third-order valence-electron chi connectivity index (χ3n) is 4.83. The van der Waals surface area contributed by atoms with Gasteiger partial charge in [-0.1, -0.05) is 87.1 Å². The van der Waals surface area contributed by atoms with Gasteiger partial charge in [0.2, 0.25) is 5.78 Å². The van der Waals surface area contributed by atoms with Crippen LogP contribution in [0.5, 0.6) is 0 Å². The van der Waals surface area contributed by atoms with Gasteiger partial charge in [-0.05, 0) is 24.8 Å². The van der Waals surface area contributed by atoms with E-state index in [0.29, 0.717) is 5.57 Å². The van der Waals surface area contributed by atoms with Crippen molar-refractivity contribution in [1.29, 1.82) is 0 Å². The first-order valence-electron chi connectivity index (χ1n) is 9.56. The number of ketones is 1. The Morgan fingerprint density at radius 2 is 1.60 bits per heavy atom. The molecule has 25 heavy (non-hydrogen) atoms. The van der Waals surface area contributed by atoms with Crippen LogP contribution in [0.25, 0.3) is 5.57 Å². The lowest BCUT2D eigenvalue weighted by Crippen LogP contribution is -2.19. The van der Waals surface area contributed by atoms with Crippen LogP contribution in [0.3, 0.4) is 0 Å². The van der Waals surface area contributed by atoms with Crippen LogP contribution in [0.4, 0.5) is 0 Å². The highest BCUT2D eigenvalue weighted by Gasteiger charge is 2.25. The normalized spacial score (nSPS) is 17.1. The minimum atomic E-state index is -0.167. The van der Waals surface area contributed by atoms with E-state index >= 15 is 0 Å². The summed E-state index contributed by atoms with van der Waals surface area (Å²) >= 11 is 0. The number of hydrogen-bond donors (Lipinski definition) is 1. The lowest BCUT2D eigenvalue weighted by Gasteiger charge is -2.18. The molecular weight excluding hydrogens is 308 g/mol. The van der Waals surface area contributed by atoms with Gasteiger partial charge in [-0.25, -0.2) is 0 Å². The fourth-order valence-electron chi connectivity index (χ4n) is 3.30. The number of Topliss-reactive ketones (excluding diaryl/α,β-unsaturated/α-hetero) is 1. The van der Waals surface area contributed by atoms with E-state index < -0.39 is 0 Å². The van der Waals surface area contributed by atoms with Gasteiger partial charge in [0.05, 0.1) is 0 Å². The van der Waals surface area contributed by atoms with Gasteiger partial charge in [0, 0.05) is 11.5 Å². The molecule has 1 atom stereocenters. The molecule has 0 saturated carbocycles. The lowest BCUT2D eigenvalue weighted by molar-refractivity contribution is -0.120. The fourth-order valence-corrected chi connectivity index (χ4v) is 3.30. The van der Waals surface area contributed by atoms with Crippen molar-refractivity contribution in [3.8, 4) is 0 Å². The number of carbonyl (C=O) groups is 1. The summed E-state index contributed by atoms with van der Waals surface area (Å²) in [6.45, 7) is 3.74. The Morgan fingerprint density at radius 3 is 2.28 bits per heavy atom. The zero-order chi connectivity index (χ0) is 17.9. The Bertz CT molecular complexity index is 610. The van der Waals surface area contributed by atoms with Gasteiger partial charge in [-0.3, -0.25) is 4.79 Å². The van der Waals surface area contributed by atoms with Crippen LogP contribution < -0.4 is 0 Å². The Hall–Kier alpha value is -2.09. The molecule has 2 heteroatoms. The molecule has 1 N–H and O–H groups in total. The van der Waals surface area contributed by atoms with Crippen LogP contribution in [-0.4, -0.2) is 10.9 Å². The highest BCUT2D eigenvalue weighted by molar-refractivity contribution is 6.06. The molecule has 0 heterocycles. The van der Waals surface area contributed by atoms with Crippen LogP contribution >= 0.6 is 0 Å². The van der Waals surface area contributed by atoms with Gasteiger partial charge >= 0.3 is 0 Å². The quantitative estimate of drug-likeness (QED) is 0.374. The van der Waals surface area contributed by atoms with Gasteiger partial charge < -0.3 is 5.11 Å². The summed E-state index contributed by atoms with van der Waals surface area (Å²) in [6, 6.07) is 9.59. The van der Waals surface area contributed by atoms with Gasteiger partial charge in [-0.2, -0.15) is 0 Å². The molecule has 0 spiro atoms. The molecule has 0 fully saturated rings. The third-order valence-corrected chi connectivity index (χ3v) is 4.83. The Balaban J connectivity index is 1.70. The van der Waals surface area contributed by atoms with Crippen LogP contribution in [-0.2, 0) is 4.79 Å². The minimum Gasteiger partial charge on any atom is -0.504 e. The van der Waals surface area contributed by atoms with Crippen molar-refractivity contribution < 1.29 is 9.90 Å². The second-order valence-corrected chi connectivity index (χ2v) is 6.80. The van der Waals surface area contributed by atoms with Crippen LogP contribution in [0, 0.1) is 5.92 Å². The first-order valence-corrected chi connectivity index (χ1v) is 9.56. The highest BCUT2D eigenvalue weighted by atomic mass is 16.3. The van der Waals surface area contributed by atoms with Crippen LogP contribution in [0.15, 0.2) is 60.9 Å². The minimum absolute atomic E-state index is 0.0825. The van der Waals surface area contributed by atoms with Crippen molar-refractivity contribution in [2.45, 2.75) is 57.8 Å². The monoisotopic (exact) mass is 338 g/mol. The smallest absolute Gasteiger partial charge is 0.204 e. The topological polar surface area (TPSA) is 37.3 Å². The molecular formula is C23H30O2. The number of hydrogen-bond acceptors (Lipinski definition) is 2. The Labute approximate surface area is 152 Å². The number of carbonyl (C=O) groups excluding carboxylic acids is 1. The molecule has 0 saturated heterocycles. The summed E-state index contributed by atoms with van der Waals surface area (Å²) in [6.07, 6.45) is 16.3. The fraction of sp³-hybridized carbons (Fsp3) is 0.435. The van der Waals surface area contributed by atoms with Crippen molar-refractivity contribution in [2.24, 2.45) is 5.92 Å². The molecule has 0 amide bonds. The number of rotatable bonds is 11. The van der Waals surface area contributed by atoms with Gasteiger partial charge in [0.15, 0.2) is 5.76 Å². The van der Waals surface area contributed by atoms with Gasteiger partial charge in [0.1, 0.15) is 0 Å². The molecule has 1 aromatic carbocycles. The zero-order valence-corrected chi connectivity index (χ0v) is 15.1. The molecule has 0 aliphatic heterocycles. The second-order valence-electron chi connectivity index (χ2n) is 6.80. The summed E-state index contributed by atoms with van der Waals surface area (Å²) in [4.78, 5) is 12.4. The second kappa shape index (κ2) is 10.7.